The first kappa shape index (κ1) is 12.6. The highest BCUT2D eigenvalue weighted by atomic mass is 32.2. The van der Waals surface area contributed by atoms with E-state index >= 15 is 0 Å². The van der Waals surface area contributed by atoms with E-state index in [2.05, 4.69) is 6.92 Å². The standard InChI is InChI=1S/C13H19NO2S/c1-2-12-6-5-7-13(10-12)11-17(15,16)14-8-3-4-9-14/h5-7,10H,2-4,8-9,11H2,1H3. The maximum Gasteiger partial charge on any atom is 0.218 e. The summed E-state index contributed by atoms with van der Waals surface area (Å²) in [5.74, 6) is 0.140. The second-order valence-electron chi connectivity index (χ2n) is 4.54. The van der Waals surface area contributed by atoms with Crippen molar-refractivity contribution in [2.45, 2.75) is 31.9 Å². The molecule has 0 spiro atoms. The minimum absolute atomic E-state index is 0.140. The Balaban J connectivity index is 2.13. The van der Waals surface area contributed by atoms with Crippen molar-refractivity contribution < 1.29 is 8.42 Å². The van der Waals surface area contributed by atoms with Crippen LogP contribution in [0, 0.1) is 0 Å². The zero-order valence-electron chi connectivity index (χ0n) is 10.2. The van der Waals surface area contributed by atoms with Crippen LogP contribution in [0.1, 0.15) is 30.9 Å². The van der Waals surface area contributed by atoms with E-state index in [0.717, 1.165) is 24.8 Å². The lowest BCUT2D eigenvalue weighted by Gasteiger charge is -2.15. The number of aryl methyl sites for hydroxylation is 1. The molecule has 0 saturated carbocycles. The van der Waals surface area contributed by atoms with E-state index in [1.54, 1.807) is 4.31 Å². The van der Waals surface area contributed by atoms with Gasteiger partial charge in [0.05, 0.1) is 5.75 Å². The SMILES string of the molecule is CCc1cccc(CS(=O)(=O)N2CCCC2)c1. The van der Waals surface area contributed by atoms with Crippen LogP contribution in [0.5, 0.6) is 0 Å². The van der Waals surface area contributed by atoms with E-state index < -0.39 is 10.0 Å². The Bertz CT molecular complexity index is 476. The zero-order chi connectivity index (χ0) is 12.3. The molecule has 0 radical (unpaired) electrons. The van der Waals surface area contributed by atoms with Crippen molar-refractivity contribution in [2.24, 2.45) is 0 Å². The third-order valence-corrected chi connectivity index (χ3v) is 5.06. The van der Waals surface area contributed by atoms with Crippen molar-refractivity contribution in [3.63, 3.8) is 0 Å². The molecule has 1 aliphatic heterocycles. The Hall–Kier alpha value is -0.870. The van der Waals surface area contributed by atoms with Crippen molar-refractivity contribution in [3.8, 4) is 0 Å². The minimum atomic E-state index is -3.10. The average molecular weight is 253 g/mol. The maximum absolute atomic E-state index is 12.1. The van der Waals surface area contributed by atoms with Gasteiger partial charge >= 0.3 is 0 Å². The predicted octanol–water partition coefficient (Wildman–Crippen LogP) is 2.17. The van der Waals surface area contributed by atoms with Crippen LogP contribution in [0.2, 0.25) is 0 Å². The van der Waals surface area contributed by atoms with Crippen LogP contribution in [0.15, 0.2) is 24.3 Å². The van der Waals surface area contributed by atoms with Gasteiger partial charge in [0.2, 0.25) is 10.0 Å². The highest BCUT2D eigenvalue weighted by molar-refractivity contribution is 7.88. The van der Waals surface area contributed by atoms with E-state index in [-0.39, 0.29) is 5.75 Å². The zero-order valence-corrected chi connectivity index (χ0v) is 11.0. The van der Waals surface area contributed by atoms with Gasteiger partial charge in [-0.15, -0.1) is 0 Å². The normalized spacial score (nSPS) is 17.5. The Labute approximate surface area is 104 Å². The van der Waals surface area contributed by atoms with E-state index in [4.69, 9.17) is 0 Å². The summed E-state index contributed by atoms with van der Waals surface area (Å²) in [4.78, 5) is 0. The predicted molar refractivity (Wildman–Crippen MR) is 69.3 cm³/mol. The molecule has 0 aromatic heterocycles. The van der Waals surface area contributed by atoms with Crippen LogP contribution in [0.25, 0.3) is 0 Å². The third kappa shape index (κ3) is 3.07. The molecule has 0 atom stereocenters. The Morgan fingerprint density at radius 2 is 1.82 bits per heavy atom. The van der Waals surface area contributed by atoms with Crippen LogP contribution in [-0.4, -0.2) is 25.8 Å². The fourth-order valence-corrected chi connectivity index (χ4v) is 3.81. The first-order valence-corrected chi connectivity index (χ1v) is 7.78. The van der Waals surface area contributed by atoms with E-state index in [0.29, 0.717) is 13.1 Å². The number of sulfonamides is 1. The molecule has 0 bridgehead atoms. The molecule has 0 unspecified atom stereocenters. The molecule has 94 valence electrons. The van der Waals surface area contributed by atoms with Gasteiger partial charge in [-0.05, 0) is 30.4 Å². The van der Waals surface area contributed by atoms with Crippen LogP contribution < -0.4 is 0 Å². The number of nitrogens with zero attached hydrogens (tertiary/aromatic N) is 1. The average Bonchev–Trinajstić information content (AvgIpc) is 2.83. The summed E-state index contributed by atoms with van der Waals surface area (Å²) < 4.78 is 25.9. The summed E-state index contributed by atoms with van der Waals surface area (Å²) in [6, 6.07) is 7.86. The van der Waals surface area contributed by atoms with Gasteiger partial charge in [0.25, 0.3) is 0 Å². The van der Waals surface area contributed by atoms with E-state index in [1.165, 1.54) is 5.56 Å². The lowest BCUT2D eigenvalue weighted by atomic mass is 10.1. The Morgan fingerprint density at radius 3 is 2.47 bits per heavy atom. The summed E-state index contributed by atoms with van der Waals surface area (Å²) >= 11 is 0. The van der Waals surface area contributed by atoms with Crippen molar-refractivity contribution >= 4 is 10.0 Å². The summed E-state index contributed by atoms with van der Waals surface area (Å²) in [7, 11) is -3.10. The molecule has 1 fully saturated rings. The summed E-state index contributed by atoms with van der Waals surface area (Å²) in [5.41, 5.74) is 2.09. The molecular weight excluding hydrogens is 234 g/mol. The third-order valence-electron chi connectivity index (χ3n) is 3.21. The molecule has 1 aliphatic rings. The van der Waals surface area contributed by atoms with Crippen LogP contribution >= 0.6 is 0 Å². The number of hydrogen-bond acceptors (Lipinski definition) is 2. The Morgan fingerprint density at radius 1 is 1.18 bits per heavy atom. The van der Waals surface area contributed by atoms with Gasteiger partial charge in [0.1, 0.15) is 0 Å². The van der Waals surface area contributed by atoms with Gasteiger partial charge in [-0.25, -0.2) is 12.7 Å². The number of hydrogen-bond donors (Lipinski definition) is 0. The van der Waals surface area contributed by atoms with Gasteiger partial charge < -0.3 is 0 Å². The van der Waals surface area contributed by atoms with Crippen LogP contribution in [-0.2, 0) is 22.2 Å². The molecule has 1 saturated heterocycles. The van der Waals surface area contributed by atoms with Gasteiger partial charge in [-0.3, -0.25) is 0 Å². The summed E-state index contributed by atoms with van der Waals surface area (Å²) in [6.45, 7) is 3.46. The van der Waals surface area contributed by atoms with Crippen molar-refractivity contribution in [2.75, 3.05) is 13.1 Å². The van der Waals surface area contributed by atoms with Crippen LogP contribution in [0.4, 0.5) is 0 Å². The molecule has 17 heavy (non-hydrogen) atoms. The molecule has 4 heteroatoms. The van der Waals surface area contributed by atoms with Crippen molar-refractivity contribution in [1.82, 2.24) is 4.31 Å². The quantitative estimate of drug-likeness (QED) is 0.824. The highest BCUT2D eigenvalue weighted by Gasteiger charge is 2.25. The molecule has 0 amide bonds. The molecule has 0 N–H and O–H groups in total. The molecule has 3 nitrogen and oxygen atoms in total. The second-order valence-corrected chi connectivity index (χ2v) is 6.50. The lowest BCUT2D eigenvalue weighted by Crippen LogP contribution is -2.29. The molecule has 1 heterocycles. The molecule has 1 aromatic carbocycles. The topological polar surface area (TPSA) is 37.4 Å². The number of benzene rings is 1. The van der Waals surface area contributed by atoms with Gasteiger partial charge in [-0.2, -0.15) is 0 Å². The first-order valence-electron chi connectivity index (χ1n) is 6.17. The summed E-state index contributed by atoms with van der Waals surface area (Å²) in [6.07, 6.45) is 2.93. The molecular formula is C13H19NO2S. The van der Waals surface area contributed by atoms with E-state index in [1.807, 2.05) is 24.3 Å². The van der Waals surface area contributed by atoms with Gasteiger partial charge in [-0.1, -0.05) is 31.2 Å². The van der Waals surface area contributed by atoms with Gasteiger partial charge in [0, 0.05) is 13.1 Å². The fraction of sp³-hybridized carbons (Fsp3) is 0.538. The molecule has 1 aromatic rings. The van der Waals surface area contributed by atoms with E-state index in [9.17, 15) is 8.42 Å². The summed E-state index contributed by atoms with van der Waals surface area (Å²) in [5, 5.41) is 0. The number of rotatable bonds is 4. The smallest absolute Gasteiger partial charge is 0.212 e. The largest absolute Gasteiger partial charge is 0.218 e. The van der Waals surface area contributed by atoms with Crippen molar-refractivity contribution in [1.29, 1.82) is 0 Å². The minimum Gasteiger partial charge on any atom is -0.212 e. The van der Waals surface area contributed by atoms with Crippen molar-refractivity contribution in [3.05, 3.63) is 35.4 Å². The Kier molecular flexibility index (Phi) is 3.84. The molecule has 0 aliphatic carbocycles. The lowest BCUT2D eigenvalue weighted by molar-refractivity contribution is 0.476. The van der Waals surface area contributed by atoms with Crippen LogP contribution in [0.3, 0.4) is 0 Å². The molecule has 2 rings (SSSR count). The first-order chi connectivity index (χ1) is 8.12. The second kappa shape index (κ2) is 5.19. The van der Waals surface area contributed by atoms with Gasteiger partial charge in [0.15, 0.2) is 0 Å². The highest BCUT2D eigenvalue weighted by Crippen LogP contribution is 2.17. The monoisotopic (exact) mass is 253 g/mol. The fourth-order valence-electron chi connectivity index (χ4n) is 2.21. The maximum atomic E-state index is 12.1.